The predicted octanol–water partition coefficient (Wildman–Crippen LogP) is 3.98. The maximum absolute atomic E-state index is 11.5. The molecule has 0 saturated heterocycles. The fourth-order valence-electron chi connectivity index (χ4n) is 2.42. The molecule has 1 aromatic heterocycles. The summed E-state index contributed by atoms with van der Waals surface area (Å²) in [6.07, 6.45) is 1.19. The molecular formula is C17H17NO3S. The molecule has 0 aliphatic rings. The molecule has 0 atom stereocenters. The van der Waals surface area contributed by atoms with Crippen LogP contribution in [0.4, 0.5) is 0 Å². The highest BCUT2D eigenvalue weighted by Crippen LogP contribution is 2.34. The van der Waals surface area contributed by atoms with Gasteiger partial charge in [-0.2, -0.15) is 0 Å². The van der Waals surface area contributed by atoms with Crippen LogP contribution in [0.25, 0.3) is 10.9 Å². The van der Waals surface area contributed by atoms with E-state index in [2.05, 4.69) is 11.1 Å². The van der Waals surface area contributed by atoms with Gasteiger partial charge in [-0.1, -0.05) is 11.6 Å². The number of rotatable bonds is 3. The fraction of sp³-hybridized carbons (Fsp3) is 0.176. The first kappa shape index (κ1) is 14.7. The Labute approximate surface area is 129 Å². The Morgan fingerprint density at radius 3 is 2.32 bits per heavy atom. The number of aromatic amines is 1. The van der Waals surface area contributed by atoms with Crippen LogP contribution < -0.4 is 4.74 Å². The van der Waals surface area contributed by atoms with Crippen molar-refractivity contribution >= 4 is 20.7 Å². The molecule has 0 unspecified atom stereocenters. The first-order valence-corrected chi connectivity index (χ1v) is 8.80. The Bertz CT molecular complexity index is 938. The van der Waals surface area contributed by atoms with Crippen LogP contribution in [-0.2, 0) is 9.84 Å². The molecule has 2 aromatic carbocycles. The van der Waals surface area contributed by atoms with Gasteiger partial charge in [0.1, 0.15) is 5.75 Å². The van der Waals surface area contributed by atoms with Crippen molar-refractivity contribution < 1.29 is 13.2 Å². The number of aromatic nitrogens is 1. The van der Waals surface area contributed by atoms with Crippen LogP contribution in [0.3, 0.4) is 0 Å². The molecule has 0 saturated carbocycles. The molecule has 114 valence electrons. The Morgan fingerprint density at radius 2 is 1.68 bits per heavy atom. The standard InChI is InChI=1S/C17H17NO3S/c1-11-4-9-16-15(10-11)17(12(2)18-16)21-13-5-7-14(8-6-13)22(3,19)20/h4-10,18H,1-3H3. The molecule has 0 radical (unpaired) electrons. The number of hydrogen-bond donors (Lipinski definition) is 1. The Kier molecular flexibility index (Phi) is 3.45. The number of aryl methyl sites for hydroxylation is 2. The molecule has 5 heteroatoms. The van der Waals surface area contributed by atoms with Gasteiger partial charge in [0.2, 0.25) is 0 Å². The van der Waals surface area contributed by atoms with Crippen LogP contribution in [0, 0.1) is 13.8 Å². The highest BCUT2D eigenvalue weighted by atomic mass is 32.2. The first-order valence-electron chi connectivity index (χ1n) is 6.91. The molecule has 0 amide bonds. The zero-order valence-corrected chi connectivity index (χ0v) is 13.5. The average molecular weight is 315 g/mol. The molecule has 1 N–H and O–H groups in total. The smallest absolute Gasteiger partial charge is 0.175 e. The third-order valence-electron chi connectivity index (χ3n) is 3.55. The maximum Gasteiger partial charge on any atom is 0.175 e. The molecule has 3 aromatic rings. The normalized spacial score (nSPS) is 11.8. The molecule has 0 aliphatic carbocycles. The SMILES string of the molecule is Cc1ccc2[nH]c(C)c(Oc3ccc(S(C)(=O)=O)cc3)c2c1. The van der Waals surface area contributed by atoms with Crippen molar-refractivity contribution in [3.8, 4) is 11.5 Å². The van der Waals surface area contributed by atoms with E-state index in [4.69, 9.17) is 4.74 Å². The van der Waals surface area contributed by atoms with E-state index in [0.29, 0.717) is 5.75 Å². The second-order valence-corrected chi connectivity index (χ2v) is 7.49. The minimum atomic E-state index is -3.19. The lowest BCUT2D eigenvalue weighted by molar-refractivity contribution is 0.483. The van der Waals surface area contributed by atoms with E-state index in [1.54, 1.807) is 24.3 Å². The summed E-state index contributed by atoms with van der Waals surface area (Å²) in [6.45, 7) is 3.99. The summed E-state index contributed by atoms with van der Waals surface area (Å²) in [6, 6.07) is 12.6. The monoisotopic (exact) mass is 315 g/mol. The van der Waals surface area contributed by atoms with Crippen molar-refractivity contribution in [2.24, 2.45) is 0 Å². The van der Waals surface area contributed by atoms with Gasteiger partial charge < -0.3 is 9.72 Å². The molecule has 3 rings (SSSR count). The van der Waals surface area contributed by atoms with Crippen molar-refractivity contribution in [3.05, 3.63) is 53.7 Å². The molecule has 4 nitrogen and oxygen atoms in total. The number of fused-ring (bicyclic) bond motifs is 1. The van der Waals surface area contributed by atoms with Crippen LogP contribution >= 0.6 is 0 Å². The van der Waals surface area contributed by atoms with Crippen molar-refractivity contribution in [3.63, 3.8) is 0 Å². The number of sulfone groups is 1. The van der Waals surface area contributed by atoms with Crippen molar-refractivity contribution in [2.75, 3.05) is 6.26 Å². The highest BCUT2D eigenvalue weighted by Gasteiger charge is 2.12. The molecule has 0 spiro atoms. The zero-order valence-electron chi connectivity index (χ0n) is 12.7. The van der Waals surface area contributed by atoms with Gasteiger partial charge in [0.15, 0.2) is 15.6 Å². The van der Waals surface area contributed by atoms with E-state index >= 15 is 0 Å². The number of benzene rings is 2. The van der Waals surface area contributed by atoms with E-state index in [9.17, 15) is 8.42 Å². The minimum absolute atomic E-state index is 0.284. The van der Waals surface area contributed by atoms with Gasteiger partial charge in [0, 0.05) is 17.2 Å². The van der Waals surface area contributed by atoms with Gasteiger partial charge in [-0.15, -0.1) is 0 Å². The van der Waals surface area contributed by atoms with E-state index in [1.165, 1.54) is 6.26 Å². The summed E-state index contributed by atoms with van der Waals surface area (Å²) in [5, 5.41) is 1.02. The number of hydrogen-bond acceptors (Lipinski definition) is 3. The molecule has 0 bridgehead atoms. The second-order valence-electron chi connectivity index (χ2n) is 5.47. The van der Waals surface area contributed by atoms with E-state index in [-0.39, 0.29) is 4.90 Å². The van der Waals surface area contributed by atoms with Gasteiger partial charge in [-0.3, -0.25) is 0 Å². The fourth-order valence-corrected chi connectivity index (χ4v) is 3.05. The van der Waals surface area contributed by atoms with Gasteiger partial charge >= 0.3 is 0 Å². The Balaban J connectivity index is 2.00. The summed E-state index contributed by atoms with van der Waals surface area (Å²) in [5.41, 5.74) is 3.11. The van der Waals surface area contributed by atoms with Gasteiger partial charge in [-0.25, -0.2) is 8.42 Å². The van der Waals surface area contributed by atoms with Crippen molar-refractivity contribution in [1.29, 1.82) is 0 Å². The lowest BCUT2D eigenvalue weighted by atomic mass is 10.1. The summed E-state index contributed by atoms with van der Waals surface area (Å²) in [5.74, 6) is 1.38. The van der Waals surface area contributed by atoms with E-state index < -0.39 is 9.84 Å². The van der Waals surface area contributed by atoms with Gasteiger partial charge in [-0.05, 0) is 50.2 Å². The lowest BCUT2D eigenvalue weighted by Gasteiger charge is -2.07. The van der Waals surface area contributed by atoms with Crippen LogP contribution in [-0.4, -0.2) is 19.7 Å². The maximum atomic E-state index is 11.5. The Morgan fingerprint density at radius 1 is 1.00 bits per heavy atom. The molecule has 22 heavy (non-hydrogen) atoms. The quantitative estimate of drug-likeness (QED) is 0.795. The third-order valence-corrected chi connectivity index (χ3v) is 4.68. The summed E-state index contributed by atoms with van der Waals surface area (Å²) in [7, 11) is -3.19. The number of ether oxygens (including phenoxy) is 1. The van der Waals surface area contributed by atoms with Crippen LogP contribution in [0.2, 0.25) is 0 Å². The van der Waals surface area contributed by atoms with E-state index in [0.717, 1.165) is 27.9 Å². The van der Waals surface area contributed by atoms with Crippen LogP contribution in [0.1, 0.15) is 11.3 Å². The third kappa shape index (κ3) is 2.72. The first-order chi connectivity index (χ1) is 10.3. The lowest BCUT2D eigenvalue weighted by Crippen LogP contribution is -1.96. The molecule has 1 heterocycles. The van der Waals surface area contributed by atoms with Gasteiger partial charge in [0.25, 0.3) is 0 Å². The molecule has 0 aliphatic heterocycles. The van der Waals surface area contributed by atoms with Crippen molar-refractivity contribution in [1.82, 2.24) is 4.98 Å². The number of nitrogens with one attached hydrogen (secondary N) is 1. The summed E-state index contributed by atoms with van der Waals surface area (Å²) >= 11 is 0. The summed E-state index contributed by atoms with van der Waals surface area (Å²) < 4.78 is 28.9. The zero-order chi connectivity index (χ0) is 15.9. The second kappa shape index (κ2) is 5.18. The molecular weight excluding hydrogens is 298 g/mol. The molecule has 0 fully saturated rings. The predicted molar refractivity (Wildman–Crippen MR) is 87.4 cm³/mol. The van der Waals surface area contributed by atoms with Crippen molar-refractivity contribution in [2.45, 2.75) is 18.7 Å². The van der Waals surface area contributed by atoms with Crippen LogP contribution in [0.5, 0.6) is 11.5 Å². The topological polar surface area (TPSA) is 59.2 Å². The highest BCUT2D eigenvalue weighted by molar-refractivity contribution is 7.90. The Hall–Kier alpha value is -2.27. The largest absolute Gasteiger partial charge is 0.455 e. The minimum Gasteiger partial charge on any atom is -0.455 e. The van der Waals surface area contributed by atoms with Crippen LogP contribution in [0.15, 0.2) is 47.4 Å². The summed E-state index contributed by atoms with van der Waals surface area (Å²) in [4.78, 5) is 3.57. The van der Waals surface area contributed by atoms with E-state index in [1.807, 2.05) is 26.0 Å². The average Bonchev–Trinajstić information content (AvgIpc) is 2.75. The van der Waals surface area contributed by atoms with Gasteiger partial charge in [0.05, 0.1) is 10.6 Å². The number of H-pyrrole nitrogens is 1.